The van der Waals surface area contributed by atoms with Gasteiger partial charge in [0, 0.05) is 36.3 Å². The zero-order valence-electron chi connectivity index (χ0n) is 29.4. The molecule has 1 aromatic heterocycles. The average Bonchev–Trinajstić information content (AvgIpc) is 3.86. The van der Waals surface area contributed by atoms with Gasteiger partial charge in [0.1, 0.15) is 37.4 Å². The number of amides is 6. The number of carbonyl (C=O) groups excluding carboxylic acids is 5. The maximum Gasteiger partial charge on any atom is 0.424 e. The second-order valence-electron chi connectivity index (χ2n) is 12.7. The summed E-state index contributed by atoms with van der Waals surface area (Å²) in [6.45, 7) is 6.90. The van der Waals surface area contributed by atoms with Gasteiger partial charge in [0.05, 0.1) is 37.2 Å². The van der Waals surface area contributed by atoms with Crippen LogP contribution in [0.5, 0.6) is 5.75 Å². The number of carbonyl (C=O) groups is 5. The van der Waals surface area contributed by atoms with Crippen molar-refractivity contribution in [1.82, 2.24) is 41.2 Å². The van der Waals surface area contributed by atoms with E-state index in [0.717, 1.165) is 11.3 Å². The lowest BCUT2D eigenvalue weighted by molar-refractivity contribution is -0.422. The first kappa shape index (κ1) is 37.9. The third-order valence-corrected chi connectivity index (χ3v) is 11.7. The van der Waals surface area contributed by atoms with Crippen LogP contribution < -0.4 is 26.0 Å². The molecule has 0 bridgehead atoms. The molecule has 3 saturated heterocycles. The number of para-hydroxylation sites is 1. The van der Waals surface area contributed by atoms with Gasteiger partial charge >= 0.3 is 17.8 Å². The summed E-state index contributed by atoms with van der Waals surface area (Å²) in [5.74, 6) is 1.24. The summed E-state index contributed by atoms with van der Waals surface area (Å²) in [6.07, 6.45) is 1.91. The van der Waals surface area contributed by atoms with Gasteiger partial charge in [-0.3, -0.25) is 19.3 Å². The average molecular weight is 769 g/mol. The number of fused-ring (bicyclic) bond motifs is 2. The SMILES string of the molecule is C=C(OCc1cn(CC(=O)NCCOCCNC(=O)CC2SCC3NC(=O)NC32)nn1)C1=C(C)CSC2C(=[N+](C)C(=O)COc3ccccc3)C(=O)N12. The summed E-state index contributed by atoms with van der Waals surface area (Å²) in [7, 11) is 1.57. The molecule has 282 valence electrons. The molecule has 0 radical (unpaired) electrons. The van der Waals surface area contributed by atoms with Crippen LogP contribution in [0, 0.1) is 0 Å². The molecular weight excluding hydrogens is 727 g/mol. The van der Waals surface area contributed by atoms with Crippen molar-refractivity contribution in [2.45, 2.75) is 49.2 Å². The van der Waals surface area contributed by atoms with Gasteiger partial charge in [-0.2, -0.15) is 16.3 Å². The molecule has 0 saturated carbocycles. The number of hydrogen-bond donors (Lipinski definition) is 4. The van der Waals surface area contributed by atoms with Crippen molar-refractivity contribution in [2.75, 3.05) is 51.5 Å². The number of likely N-dealkylation sites (N-methyl/N-ethyl adjacent to an activating group) is 1. The molecule has 53 heavy (non-hydrogen) atoms. The third kappa shape index (κ3) is 9.20. The third-order valence-electron chi connectivity index (χ3n) is 8.86. The summed E-state index contributed by atoms with van der Waals surface area (Å²) < 4.78 is 19.8. The summed E-state index contributed by atoms with van der Waals surface area (Å²) in [5, 5.41) is 19.1. The molecule has 19 heteroatoms. The predicted molar refractivity (Wildman–Crippen MR) is 195 cm³/mol. The number of thioether (sulfide) groups is 2. The quantitative estimate of drug-likeness (QED) is 0.0553. The first-order valence-electron chi connectivity index (χ1n) is 17.1. The minimum absolute atomic E-state index is 0.0155. The second kappa shape index (κ2) is 17.3. The molecule has 0 aliphatic carbocycles. The number of nitrogens with one attached hydrogen (secondary N) is 4. The molecule has 4 N–H and O–H groups in total. The number of ether oxygens (including phenoxy) is 3. The van der Waals surface area contributed by atoms with Gasteiger partial charge < -0.3 is 35.5 Å². The van der Waals surface area contributed by atoms with Crippen LogP contribution in [0.25, 0.3) is 0 Å². The molecule has 1 aromatic carbocycles. The van der Waals surface area contributed by atoms with E-state index < -0.39 is 0 Å². The van der Waals surface area contributed by atoms with Crippen molar-refractivity contribution in [1.29, 1.82) is 0 Å². The fourth-order valence-corrected chi connectivity index (χ4v) is 8.97. The Balaban J connectivity index is 0.868. The summed E-state index contributed by atoms with van der Waals surface area (Å²) >= 11 is 3.21. The Morgan fingerprint density at radius 3 is 2.60 bits per heavy atom. The molecule has 2 aromatic rings. The van der Waals surface area contributed by atoms with Crippen LogP contribution in [0.15, 0.2) is 60.1 Å². The smallest absolute Gasteiger partial charge is 0.424 e. The molecule has 4 aliphatic heterocycles. The number of aromatic nitrogens is 3. The number of urea groups is 1. The fourth-order valence-electron chi connectivity index (χ4n) is 6.18. The first-order valence-corrected chi connectivity index (χ1v) is 19.2. The molecule has 5 heterocycles. The van der Waals surface area contributed by atoms with E-state index in [9.17, 15) is 24.0 Å². The van der Waals surface area contributed by atoms with Gasteiger partial charge in [0.25, 0.3) is 5.71 Å². The Hall–Kier alpha value is -4.88. The minimum atomic E-state index is -0.367. The Morgan fingerprint density at radius 2 is 1.83 bits per heavy atom. The molecule has 3 fully saturated rings. The molecule has 0 spiro atoms. The number of hydrogen-bond acceptors (Lipinski definition) is 12. The lowest BCUT2D eigenvalue weighted by Gasteiger charge is -2.43. The minimum Gasteiger partial charge on any atom is -0.486 e. The fraction of sp³-hybridized carbons (Fsp3) is 0.471. The lowest BCUT2D eigenvalue weighted by atomic mass is 10.0. The Morgan fingerprint density at radius 1 is 1.08 bits per heavy atom. The van der Waals surface area contributed by atoms with Crippen molar-refractivity contribution < 1.29 is 42.8 Å². The van der Waals surface area contributed by atoms with Gasteiger partial charge in [0.15, 0.2) is 5.37 Å². The number of β-lactam (4-membered cyclic amide) rings is 1. The van der Waals surface area contributed by atoms with Gasteiger partial charge in [0.2, 0.25) is 18.4 Å². The van der Waals surface area contributed by atoms with Crippen molar-refractivity contribution in [3.63, 3.8) is 0 Å². The van der Waals surface area contributed by atoms with Gasteiger partial charge in [-0.1, -0.05) is 30.0 Å². The highest BCUT2D eigenvalue weighted by Gasteiger charge is 2.56. The van der Waals surface area contributed by atoms with Crippen molar-refractivity contribution in [2.24, 2.45) is 0 Å². The van der Waals surface area contributed by atoms with E-state index in [1.54, 1.807) is 42.0 Å². The second-order valence-corrected chi connectivity index (χ2v) is 15.0. The first-order chi connectivity index (χ1) is 25.6. The highest BCUT2D eigenvalue weighted by Crippen LogP contribution is 2.41. The molecule has 4 atom stereocenters. The maximum absolute atomic E-state index is 13.3. The molecular formula is C34H42N9O8S2+. The van der Waals surface area contributed by atoms with Crippen LogP contribution in [0.3, 0.4) is 0 Å². The zero-order chi connectivity index (χ0) is 37.5. The Labute approximate surface area is 314 Å². The largest absolute Gasteiger partial charge is 0.486 e. The normalized spacial score (nSPS) is 22.6. The topological polar surface area (TPSA) is 198 Å². The van der Waals surface area contributed by atoms with Crippen LogP contribution >= 0.6 is 23.5 Å². The number of nitrogens with zero attached hydrogens (tertiary/aromatic N) is 5. The highest BCUT2D eigenvalue weighted by atomic mass is 32.2. The zero-order valence-corrected chi connectivity index (χ0v) is 31.0. The van der Waals surface area contributed by atoms with Gasteiger partial charge in [-0.15, -0.1) is 16.9 Å². The number of rotatable bonds is 17. The van der Waals surface area contributed by atoms with Crippen LogP contribution in [0.2, 0.25) is 0 Å². The highest BCUT2D eigenvalue weighted by molar-refractivity contribution is 8.01. The molecule has 6 amide bonds. The van der Waals surface area contributed by atoms with E-state index in [4.69, 9.17) is 14.2 Å². The van der Waals surface area contributed by atoms with E-state index in [1.165, 1.54) is 21.0 Å². The van der Waals surface area contributed by atoms with Crippen LogP contribution in [0.4, 0.5) is 4.79 Å². The summed E-state index contributed by atoms with van der Waals surface area (Å²) in [5.41, 5.74) is 2.32. The molecule has 4 aliphatic rings. The summed E-state index contributed by atoms with van der Waals surface area (Å²) in [4.78, 5) is 64.0. The van der Waals surface area contributed by atoms with Gasteiger partial charge in [-0.25, -0.2) is 14.3 Å². The van der Waals surface area contributed by atoms with E-state index in [1.807, 2.05) is 25.1 Å². The van der Waals surface area contributed by atoms with E-state index in [-0.39, 0.29) is 91.0 Å². The van der Waals surface area contributed by atoms with Crippen molar-refractivity contribution in [3.8, 4) is 5.75 Å². The van der Waals surface area contributed by atoms with Crippen molar-refractivity contribution in [3.05, 3.63) is 65.8 Å². The van der Waals surface area contributed by atoms with Crippen molar-refractivity contribution >= 4 is 58.9 Å². The van der Waals surface area contributed by atoms with Crippen LogP contribution in [0.1, 0.15) is 19.0 Å². The van der Waals surface area contributed by atoms with Crippen LogP contribution in [-0.2, 0) is 41.8 Å². The molecule has 6 rings (SSSR count). The summed E-state index contributed by atoms with van der Waals surface area (Å²) in [6, 6.07) is 8.86. The monoisotopic (exact) mass is 768 g/mol. The van der Waals surface area contributed by atoms with E-state index in [0.29, 0.717) is 48.2 Å². The predicted octanol–water partition coefficient (Wildman–Crippen LogP) is -0.00910. The Kier molecular flexibility index (Phi) is 12.4. The maximum atomic E-state index is 13.3. The van der Waals surface area contributed by atoms with E-state index >= 15 is 0 Å². The van der Waals surface area contributed by atoms with Crippen LogP contribution in [-0.4, -0.2) is 134 Å². The number of benzene rings is 1. The van der Waals surface area contributed by atoms with E-state index in [2.05, 4.69) is 38.2 Å². The lowest BCUT2D eigenvalue weighted by Crippen LogP contribution is -2.64. The molecule has 17 nitrogen and oxygen atoms in total. The Bertz CT molecular complexity index is 1820. The van der Waals surface area contributed by atoms with Gasteiger partial charge in [-0.05, 0) is 24.6 Å². The molecule has 4 unspecified atom stereocenters. The standard InChI is InChI=1S/C34H41N9O8S2/c1-20-18-53-33-31(41(3)28(46)17-51-23-7-5-4-6-8-23)32(47)43(33)30(20)21(2)50-16-22-14-42(40-39-22)15-27(45)36-10-12-49-11-9-35-26(44)13-25-29-24(19-52-25)37-34(48)38-29/h4-8,14,24-25,29,33H,2,9-13,15-19H2,1,3H3,(H3-,35,36,37,38,44,45,48)/p+1.